The number of hydrogen-bond donors (Lipinski definition) is 2. The zero-order valence-corrected chi connectivity index (χ0v) is 14.1. The Bertz CT molecular complexity index is 951. The van der Waals surface area contributed by atoms with Crippen molar-refractivity contribution in [3.63, 3.8) is 0 Å². The van der Waals surface area contributed by atoms with Crippen molar-refractivity contribution in [1.29, 1.82) is 0 Å². The number of rotatable bonds is 5. The molecule has 124 valence electrons. The fourth-order valence-corrected chi connectivity index (χ4v) is 3.03. The summed E-state index contributed by atoms with van der Waals surface area (Å²) in [5.41, 5.74) is 6.14. The fraction of sp³-hybridized carbons (Fsp3) is 0.188. The first kappa shape index (κ1) is 16.5. The number of nitrogens with one attached hydrogen (secondary N) is 1. The predicted molar refractivity (Wildman–Crippen MR) is 94.7 cm³/mol. The van der Waals surface area contributed by atoms with Crippen LogP contribution in [0.25, 0.3) is 11.0 Å². The van der Waals surface area contributed by atoms with E-state index in [9.17, 15) is 9.59 Å². The summed E-state index contributed by atoms with van der Waals surface area (Å²) in [6.07, 6.45) is 1.40. The molecule has 0 unspecified atom stereocenters. The Balaban J connectivity index is 1.65. The zero-order chi connectivity index (χ0) is 17.1. The second-order valence-corrected chi connectivity index (χ2v) is 6.49. The standard InChI is InChI=1S/C16H14ClN3O3S/c17-10-3-4-13-9(6-10)7-12(15(22)23-13)14(21)19-5-1-2-11-8-24-16(18)20-11/h3-4,6-8H,1-2,5H2,(H2,18,20)(H,19,21). The van der Waals surface area contributed by atoms with Crippen LogP contribution in [0.4, 0.5) is 5.13 Å². The molecule has 8 heteroatoms. The van der Waals surface area contributed by atoms with E-state index in [-0.39, 0.29) is 5.56 Å². The summed E-state index contributed by atoms with van der Waals surface area (Å²) in [7, 11) is 0. The van der Waals surface area contributed by atoms with E-state index in [0.29, 0.717) is 40.5 Å². The molecular weight excluding hydrogens is 350 g/mol. The molecule has 24 heavy (non-hydrogen) atoms. The number of hydrogen-bond acceptors (Lipinski definition) is 6. The van der Waals surface area contributed by atoms with E-state index in [1.165, 1.54) is 17.4 Å². The number of aromatic nitrogens is 1. The van der Waals surface area contributed by atoms with Crippen LogP contribution in [-0.4, -0.2) is 17.4 Å². The molecule has 3 N–H and O–H groups in total. The molecule has 0 bridgehead atoms. The molecule has 1 amide bonds. The van der Waals surface area contributed by atoms with Gasteiger partial charge < -0.3 is 15.5 Å². The lowest BCUT2D eigenvalue weighted by Gasteiger charge is -2.05. The van der Waals surface area contributed by atoms with E-state index in [4.69, 9.17) is 21.8 Å². The van der Waals surface area contributed by atoms with Crippen LogP contribution in [0, 0.1) is 0 Å². The number of fused-ring (bicyclic) bond motifs is 1. The third-order valence-corrected chi connectivity index (χ3v) is 4.36. The minimum Gasteiger partial charge on any atom is -0.422 e. The highest BCUT2D eigenvalue weighted by Gasteiger charge is 2.13. The van der Waals surface area contributed by atoms with Gasteiger partial charge in [0.25, 0.3) is 5.91 Å². The number of nitrogens with two attached hydrogens (primary N) is 1. The third kappa shape index (κ3) is 3.74. The molecule has 3 aromatic rings. The first-order valence-corrected chi connectivity index (χ1v) is 8.50. The van der Waals surface area contributed by atoms with E-state index >= 15 is 0 Å². The molecule has 0 aliphatic heterocycles. The number of carbonyl (C=O) groups excluding carboxylic acids is 1. The molecule has 0 spiro atoms. The molecule has 0 aliphatic rings. The van der Waals surface area contributed by atoms with Gasteiger partial charge in [-0.2, -0.15) is 0 Å². The van der Waals surface area contributed by atoms with Crippen LogP contribution >= 0.6 is 22.9 Å². The number of benzene rings is 1. The average molecular weight is 364 g/mol. The molecular formula is C16H14ClN3O3S. The van der Waals surface area contributed by atoms with Crippen molar-refractivity contribution in [3.8, 4) is 0 Å². The number of aryl methyl sites for hydroxylation is 1. The maximum Gasteiger partial charge on any atom is 0.349 e. The largest absolute Gasteiger partial charge is 0.422 e. The number of halogens is 1. The molecule has 0 aliphatic carbocycles. The predicted octanol–water partition coefficient (Wildman–Crippen LogP) is 2.85. The summed E-state index contributed by atoms with van der Waals surface area (Å²) >= 11 is 7.30. The van der Waals surface area contributed by atoms with Crippen LogP contribution in [0.15, 0.2) is 38.9 Å². The number of anilines is 1. The highest BCUT2D eigenvalue weighted by atomic mass is 35.5. The van der Waals surface area contributed by atoms with Crippen molar-refractivity contribution < 1.29 is 9.21 Å². The quantitative estimate of drug-likeness (QED) is 0.536. The number of amides is 1. The van der Waals surface area contributed by atoms with E-state index < -0.39 is 11.5 Å². The van der Waals surface area contributed by atoms with E-state index in [0.717, 1.165) is 5.69 Å². The van der Waals surface area contributed by atoms with Crippen molar-refractivity contribution >= 4 is 44.9 Å². The SMILES string of the molecule is Nc1nc(CCCNC(=O)c2cc3cc(Cl)ccc3oc2=O)cs1. The lowest BCUT2D eigenvalue weighted by atomic mass is 10.1. The molecule has 2 aromatic heterocycles. The first-order valence-electron chi connectivity index (χ1n) is 7.24. The normalized spacial score (nSPS) is 10.9. The van der Waals surface area contributed by atoms with Gasteiger partial charge >= 0.3 is 5.63 Å². The van der Waals surface area contributed by atoms with Crippen molar-refractivity contribution in [2.75, 3.05) is 12.3 Å². The van der Waals surface area contributed by atoms with Crippen molar-refractivity contribution in [2.24, 2.45) is 0 Å². The maximum absolute atomic E-state index is 12.2. The van der Waals surface area contributed by atoms with Crippen LogP contribution in [0.2, 0.25) is 5.02 Å². The molecule has 0 atom stereocenters. The second-order valence-electron chi connectivity index (χ2n) is 5.17. The highest BCUT2D eigenvalue weighted by molar-refractivity contribution is 7.13. The molecule has 3 rings (SSSR count). The summed E-state index contributed by atoms with van der Waals surface area (Å²) in [4.78, 5) is 28.3. The van der Waals surface area contributed by atoms with Gasteiger partial charge in [-0.05, 0) is 37.1 Å². The number of carbonyl (C=O) groups is 1. The van der Waals surface area contributed by atoms with Crippen LogP contribution < -0.4 is 16.7 Å². The topological polar surface area (TPSA) is 98.2 Å². The van der Waals surface area contributed by atoms with Gasteiger partial charge in [-0.3, -0.25) is 4.79 Å². The molecule has 0 fully saturated rings. The van der Waals surface area contributed by atoms with E-state index in [1.807, 2.05) is 5.38 Å². The fourth-order valence-electron chi connectivity index (χ4n) is 2.26. The summed E-state index contributed by atoms with van der Waals surface area (Å²) in [6, 6.07) is 6.35. The molecule has 0 saturated heterocycles. The van der Waals surface area contributed by atoms with Crippen molar-refractivity contribution in [2.45, 2.75) is 12.8 Å². The van der Waals surface area contributed by atoms with Gasteiger partial charge in [0.05, 0.1) is 5.69 Å². The smallest absolute Gasteiger partial charge is 0.349 e. The van der Waals surface area contributed by atoms with Gasteiger partial charge in [-0.25, -0.2) is 9.78 Å². The Hall–Kier alpha value is -2.38. The lowest BCUT2D eigenvalue weighted by Crippen LogP contribution is -2.29. The van der Waals surface area contributed by atoms with Crippen LogP contribution in [0.1, 0.15) is 22.5 Å². The van der Waals surface area contributed by atoms with Crippen molar-refractivity contribution in [3.05, 3.63) is 56.3 Å². The Kier molecular flexibility index (Phi) is 4.82. The van der Waals surface area contributed by atoms with Crippen LogP contribution in [0.3, 0.4) is 0 Å². The Morgan fingerprint density at radius 1 is 1.38 bits per heavy atom. The zero-order valence-electron chi connectivity index (χ0n) is 12.5. The van der Waals surface area contributed by atoms with Gasteiger partial charge in [-0.1, -0.05) is 11.6 Å². The number of nitrogen functional groups attached to an aromatic ring is 1. The molecule has 6 nitrogen and oxygen atoms in total. The Morgan fingerprint density at radius 2 is 2.21 bits per heavy atom. The summed E-state index contributed by atoms with van der Waals surface area (Å²) in [6.45, 7) is 0.420. The lowest BCUT2D eigenvalue weighted by molar-refractivity contribution is 0.0949. The Morgan fingerprint density at radius 3 is 2.96 bits per heavy atom. The summed E-state index contributed by atoms with van der Waals surface area (Å²) < 4.78 is 5.15. The first-order chi connectivity index (χ1) is 11.5. The minimum atomic E-state index is -0.672. The second kappa shape index (κ2) is 7.02. The van der Waals surface area contributed by atoms with E-state index in [2.05, 4.69) is 10.3 Å². The highest BCUT2D eigenvalue weighted by Crippen LogP contribution is 2.18. The molecule has 2 heterocycles. The molecule has 1 aromatic carbocycles. The van der Waals surface area contributed by atoms with E-state index in [1.54, 1.807) is 18.2 Å². The monoisotopic (exact) mass is 363 g/mol. The summed E-state index contributed by atoms with van der Waals surface area (Å²) in [5.74, 6) is -0.469. The number of nitrogens with zero attached hydrogens (tertiary/aromatic N) is 1. The van der Waals surface area contributed by atoms with Gasteiger partial charge in [0.1, 0.15) is 11.1 Å². The minimum absolute atomic E-state index is 0.0392. The summed E-state index contributed by atoms with van der Waals surface area (Å²) in [5, 5.41) is 6.23. The van der Waals surface area contributed by atoms with Crippen LogP contribution in [-0.2, 0) is 6.42 Å². The molecule has 0 saturated carbocycles. The Labute approximate surface area is 146 Å². The maximum atomic E-state index is 12.2. The third-order valence-electron chi connectivity index (χ3n) is 3.40. The van der Waals surface area contributed by atoms with Gasteiger partial charge in [0.15, 0.2) is 5.13 Å². The van der Waals surface area contributed by atoms with Gasteiger partial charge in [0, 0.05) is 22.3 Å². The van der Waals surface area contributed by atoms with Crippen LogP contribution in [0.5, 0.6) is 0 Å². The van der Waals surface area contributed by atoms with Gasteiger partial charge in [0.2, 0.25) is 0 Å². The average Bonchev–Trinajstić information content (AvgIpc) is 2.96. The van der Waals surface area contributed by atoms with Gasteiger partial charge in [-0.15, -0.1) is 11.3 Å². The number of thiazole rings is 1. The van der Waals surface area contributed by atoms with Crippen molar-refractivity contribution in [1.82, 2.24) is 10.3 Å². The molecule has 0 radical (unpaired) electrons.